The zero-order chi connectivity index (χ0) is 30.3. The number of amides is 1. The van der Waals surface area contributed by atoms with E-state index in [9.17, 15) is 26.7 Å². The molecule has 1 fully saturated rings. The minimum Gasteiger partial charge on any atom is -0.434 e. The second-order valence-corrected chi connectivity index (χ2v) is 10.9. The first-order valence-electron chi connectivity index (χ1n) is 12.6. The summed E-state index contributed by atoms with van der Waals surface area (Å²) in [7, 11) is 0. The number of halogens is 6. The SMILES string of the molecule is CCn1nc(C(=O)NCC2CCC(C)CC2)c(Cl)c1-c1cnc(CC(C)(C)C(F)(F)F)cc1OC(F)F.O=S=O. The molecule has 0 aromatic carbocycles. The van der Waals surface area contributed by atoms with Crippen molar-refractivity contribution in [3.05, 3.63) is 28.7 Å². The molecule has 0 radical (unpaired) electrons. The van der Waals surface area contributed by atoms with Gasteiger partial charge in [-0.2, -0.15) is 35.5 Å². The molecular weight excluding hydrogens is 583 g/mol. The van der Waals surface area contributed by atoms with Crippen molar-refractivity contribution < 1.29 is 39.9 Å². The van der Waals surface area contributed by atoms with Gasteiger partial charge in [0.25, 0.3) is 5.91 Å². The highest BCUT2D eigenvalue weighted by atomic mass is 35.5. The van der Waals surface area contributed by atoms with E-state index in [1.54, 1.807) is 6.92 Å². The number of nitrogens with zero attached hydrogens (tertiary/aromatic N) is 3. The smallest absolute Gasteiger partial charge is 0.394 e. The molecule has 1 aliphatic rings. The summed E-state index contributed by atoms with van der Waals surface area (Å²) in [6.07, 6.45) is 0.282. The molecule has 0 unspecified atom stereocenters. The average Bonchev–Trinajstić information content (AvgIpc) is 3.19. The van der Waals surface area contributed by atoms with Gasteiger partial charge in [0.1, 0.15) is 5.75 Å². The first-order chi connectivity index (χ1) is 18.6. The predicted octanol–water partition coefficient (Wildman–Crippen LogP) is 6.24. The van der Waals surface area contributed by atoms with E-state index >= 15 is 0 Å². The Balaban J connectivity index is 0.00000178. The fourth-order valence-corrected chi connectivity index (χ4v) is 4.75. The summed E-state index contributed by atoms with van der Waals surface area (Å²) in [5.74, 6) is 0.131. The number of pyridine rings is 1. The molecule has 2 aromatic rings. The predicted molar refractivity (Wildman–Crippen MR) is 139 cm³/mol. The number of hydrogen-bond acceptors (Lipinski definition) is 6. The van der Waals surface area contributed by atoms with Crippen LogP contribution in [-0.4, -0.2) is 48.4 Å². The molecule has 3 rings (SSSR count). The minimum absolute atomic E-state index is 0.00599. The van der Waals surface area contributed by atoms with Crippen LogP contribution in [0, 0.1) is 17.3 Å². The molecule has 0 bridgehead atoms. The maximum absolute atomic E-state index is 13.4. The Morgan fingerprint density at radius 2 is 1.82 bits per heavy atom. The summed E-state index contributed by atoms with van der Waals surface area (Å²) >= 11 is 5.78. The number of rotatable bonds is 9. The summed E-state index contributed by atoms with van der Waals surface area (Å²) in [5, 5.41) is 7.05. The van der Waals surface area contributed by atoms with Crippen molar-refractivity contribution in [2.75, 3.05) is 6.54 Å². The quantitative estimate of drug-likeness (QED) is 0.336. The molecule has 40 heavy (non-hydrogen) atoms. The Kier molecular flexibility index (Phi) is 12.0. The summed E-state index contributed by atoms with van der Waals surface area (Å²) in [5.41, 5.74) is -2.19. The van der Waals surface area contributed by atoms with E-state index in [2.05, 4.69) is 27.1 Å². The highest BCUT2D eigenvalue weighted by Crippen LogP contribution is 2.42. The average molecular weight is 615 g/mol. The fraction of sp³-hybridized carbons (Fsp3) is 0.640. The van der Waals surface area contributed by atoms with Crippen LogP contribution >= 0.6 is 11.6 Å². The molecule has 1 N–H and O–H groups in total. The second-order valence-electron chi connectivity index (χ2n) is 10.3. The van der Waals surface area contributed by atoms with E-state index < -0.39 is 47.9 Å². The van der Waals surface area contributed by atoms with E-state index in [0.717, 1.165) is 51.8 Å². The van der Waals surface area contributed by atoms with Crippen molar-refractivity contribution in [2.45, 2.75) is 79.1 Å². The van der Waals surface area contributed by atoms with Crippen molar-refractivity contribution in [1.29, 1.82) is 0 Å². The summed E-state index contributed by atoms with van der Waals surface area (Å²) in [6, 6.07) is 1.04. The Bertz CT molecular complexity index is 1190. The topological polar surface area (TPSA) is 103 Å². The van der Waals surface area contributed by atoms with Gasteiger partial charge in [-0.15, -0.1) is 0 Å². The molecule has 0 spiro atoms. The van der Waals surface area contributed by atoms with Crippen molar-refractivity contribution in [3.63, 3.8) is 0 Å². The number of aromatic nitrogens is 3. The number of hydrogen-bond donors (Lipinski definition) is 1. The highest BCUT2D eigenvalue weighted by molar-refractivity contribution is 7.51. The molecule has 224 valence electrons. The van der Waals surface area contributed by atoms with Gasteiger partial charge in [0.05, 0.1) is 21.7 Å². The van der Waals surface area contributed by atoms with E-state index in [4.69, 9.17) is 20.0 Å². The van der Waals surface area contributed by atoms with Crippen molar-refractivity contribution >= 4 is 29.1 Å². The highest BCUT2D eigenvalue weighted by Gasteiger charge is 2.47. The number of aryl methyl sites for hydroxylation is 1. The normalized spacial score (nSPS) is 17.7. The van der Waals surface area contributed by atoms with Gasteiger partial charge < -0.3 is 10.1 Å². The zero-order valence-corrected chi connectivity index (χ0v) is 24.1. The van der Waals surface area contributed by atoms with Gasteiger partial charge in [0.15, 0.2) is 5.69 Å². The molecule has 0 aliphatic heterocycles. The number of carbonyl (C=O) groups excluding carboxylic acids is 1. The fourth-order valence-electron chi connectivity index (χ4n) is 4.42. The molecule has 2 heterocycles. The first kappa shape index (κ1) is 33.6. The van der Waals surface area contributed by atoms with E-state index in [1.165, 1.54) is 4.68 Å². The van der Waals surface area contributed by atoms with Crippen molar-refractivity contribution in [1.82, 2.24) is 20.1 Å². The second kappa shape index (κ2) is 14.3. The summed E-state index contributed by atoms with van der Waals surface area (Å²) in [4.78, 5) is 17.0. The van der Waals surface area contributed by atoms with Gasteiger partial charge in [0, 0.05) is 37.5 Å². The summed E-state index contributed by atoms with van der Waals surface area (Å²) < 4.78 is 89.2. The Morgan fingerprint density at radius 3 is 2.35 bits per heavy atom. The third-order valence-electron chi connectivity index (χ3n) is 6.88. The van der Waals surface area contributed by atoms with Crippen LogP contribution in [0.3, 0.4) is 0 Å². The molecule has 1 saturated carbocycles. The largest absolute Gasteiger partial charge is 0.434 e. The van der Waals surface area contributed by atoms with Gasteiger partial charge in [0.2, 0.25) is 0 Å². The summed E-state index contributed by atoms with van der Waals surface area (Å²) in [6.45, 7) is 3.39. The van der Waals surface area contributed by atoms with Crippen molar-refractivity contribution in [3.8, 4) is 17.0 Å². The van der Waals surface area contributed by atoms with Crippen LogP contribution < -0.4 is 10.1 Å². The van der Waals surface area contributed by atoms with E-state index in [0.29, 0.717) is 18.4 Å². The van der Waals surface area contributed by atoms with Crippen LogP contribution in [0.4, 0.5) is 22.0 Å². The van der Waals surface area contributed by atoms with Gasteiger partial charge in [-0.1, -0.05) is 45.2 Å². The van der Waals surface area contributed by atoms with Gasteiger partial charge >= 0.3 is 24.4 Å². The lowest BCUT2D eigenvalue weighted by Crippen LogP contribution is -2.34. The molecular formula is C25H32ClF5N4O4S. The molecule has 8 nitrogen and oxygen atoms in total. The first-order valence-corrected chi connectivity index (χ1v) is 13.7. The third kappa shape index (κ3) is 8.69. The minimum atomic E-state index is -4.53. The van der Waals surface area contributed by atoms with Crippen molar-refractivity contribution in [2.24, 2.45) is 17.3 Å². The van der Waals surface area contributed by atoms with Crippen LogP contribution in [0.1, 0.15) is 69.6 Å². The van der Waals surface area contributed by atoms with Gasteiger partial charge in [-0.3, -0.25) is 14.5 Å². The standard InChI is InChI=1S/C25H32ClF5N4O2.O2S/c1-5-35-21(19(26)20(34-35)22(36)33-12-15-8-6-14(2)7-9-15)17-13-32-16(10-18(17)37-23(27)28)11-24(3,4)25(29,30)31;1-3-2/h10,13-15,23H,5-9,11-12H2,1-4H3,(H,33,36);. The molecule has 1 aliphatic carbocycles. The van der Waals surface area contributed by atoms with Crippen LogP contribution in [0.2, 0.25) is 5.02 Å². The third-order valence-corrected chi connectivity index (χ3v) is 7.24. The van der Waals surface area contributed by atoms with Crippen LogP contribution in [0.15, 0.2) is 12.3 Å². The molecule has 15 heteroatoms. The van der Waals surface area contributed by atoms with Crippen LogP contribution in [0.5, 0.6) is 5.75 Å². The Hall–Kier alpha value is -2.61. The van der Waals surface area contributed by atoms with E-state index in [1.807, 2.05) is 0 Å². The Labute approximate surface area is 237 Å². The zero-order valence-electron chi connectivity index (χ0n) is 22.5. The number of alkyl halides is 5. The monoisotopic (exact) mass is 614 g/mol. The Morgan fingerprint density at radius 1 is 1.23 bits per heavy atom. The maximum atomic E-state index is 13.4. The number of nitrogens with one attached hydrogen (secondary N) is 1. The number of ether oxygens (including phenoxy) is 1. The lowest BCUT2D eigenvalue weighted by molar-refractivity contribution is -0.211. The van der Waals surface area contributed by atoms with Gasteiger partial charge in [-0.25, -0.2) is 0 Å². The molecule has 0 atom stereocenters. The molecule has 1 amide bonds. The maximum Gasteiger partial charge on any atom is 0.394 e. The molecule has 2 aromatic heterocycles. The molecule has 0 saturated heterocycles. The van der Waals surface area contributed by atoms with Crippen LogP contribution in [-0.2, 0) is 24.5 Å². The lowest BCUT2D eigenvalue weighted by atomic mass is 9.83. The van der Waals surface area contributed by atoms with E-state index in [-0.39, 0.29) is 34.2 Å². The number of carbonyl (C=O) groups is 1. The van der Waals surface area contributed by atoms with Crippen LogP contribution in [0.25, 0.3) is 11.3 Å². The van der Waals surface area contributed by atoms with Gasteiger partial charge in [-0.05, 0) is 31.6 Å². The lowest BCUT2D eigenvalue weighted by Gasteiger charge is -2.27.